The van der Waals surface area contributed by atoms with Gasteiger partial charge in [0.1, 0.15) is 0 Å². The van der Waals surface area contributed by atoms with E-state index in [1.54, 1.807) is 0 Å². The van der Waals surface area contributed by atoms with E-state index >= 15 is 0 Å². The van der Waals surface area contributed by atoms with Gasteiger partial charge in [0, 0.05) is 26.2 Å². The highest BCUT2D eigenvalue weighted by Crippen LogP contribution is 2.21. The fourth-order valence-electron chi connectivity index (χ4n) is 3.66. The number of aromatic amines is 1. The zero-order valence-electron chi connectivity index (χ0n) is 13.5. The number of aromatic nitrogens is 2. The summed E-state index contributed by atoms with van der Waals surface area (Å²) in [4.78, 5) is 27.1. The number of imidazole rings is 1. The van der Waals surface area contributed by atoms with Gasteiger partial charge in [0.05, 0.1) is 17.1 Å². The number of carbonyl (C=O) groups is 1. The fourth-order valence-corrected chi connectivity index (χ4v) is 3.66. The van der Waals surface area contributed by atoms with Crippen molar-refractivity contribution in [3.8, 4) is 0 Å². The highest BCUT2D eigenvalue weighted by Gasteiger charge is 2.33. The van der Waals surface area contributed by atoms with Crippen LogP contribution in [0.15, 0.2) is 24.3 Å². The first-order valence-corrected chi connectivity index (χ1v) is 8.41. The highest BCUT2D eigenvalue weighted by atomic mass is 16.2. The Morgan fingerprint density at radius 2 is 1.96 bits per heavy atom. The molecule has 2 saturated heterocycles. The SMILES string of the molecule is CN1CCCC1C(=O)N1CCN(c2nc3ccccc3[nH]2)CC1. The summed E-state index contributed by atoms with van der Waals surface area (Å²) in [5.41, 5.74) is 2.06. The van der Waals surface area contributed by atoms with Crippen LogP contribution in [0.2, 0.25) is 0 Å². The molecule has 1 aromatic carbocycles. The van der Waals surface area contributed by atoms with Gasteiger partial charge in [0.2, 0.25) is 11.9 Å². The van der Waals surface area contributed by atoms with Crippen LogP contribution < -0.4 is 4.90 Å². The van der Waals surface area contributed by atoms with Crippen LogP contribution in [-0.2, 0) is 4.79 Å². The van der Waals surface area contributed by atoms with E-state index in [1.165, 1.54) is 0 Å². The third-order valence-corrected chi connectivity index (χ3v) is 5.07. The number of fused-ring (bicyclic) bond motifs is 1. The lowest BCUT2D eigenvalue weighted by atomic mass is 10.2. The molecule has 0 saturated carbocycles. The number of anilines is 1. The second-order valence-electron chi connectivity index (χ2n) is 6.53. The number of para-hydroxylation sites is 2. The lowest BCUT2D eigenvalue weighted by molar-refractivity contribution is -0.135. The maximum absolute atomic E-state index is 12.6. The Morgan fingerprint density at radius 3 is 2.65 bits per heavy atom. The molecule has 3 heterocycles. The minimum Gasteiger partial charge on any atom is -0.339 e. The van der Waals surface area contributed by atoms with Gasteiger partial charge in [-0.2, -0.15) is 0 Å². The van der Waals surface area contributed by atoms with Crippen molar-refractivity contribution in [2.24, 2.45) is 0 Å². The first kappa shape index (κ1) is 14.5. The molecule has 0 spiro atoms. The van der Waals surface area contributed by atoms with Gasteiger partial charge in [0.15, 0.2) is 0 Å². The normalized spacial score (nSPS) is 22.9. The predicted molar refractivity (Wildman–Crippen MR) is 90.5 cm³/mol. The molecule has 1 atom stereocenters. The Morgan fingerprint density at radius 1 is 1.17 bits per heavy atom. The highest BCUT2D eigenvalue weighted by molar-refractivity contribution is 5.82. The second-order valence-corrected chi connectivity index (χ2v) is 6.53. The molecule has 2 fully saturated rings. The fraction of sp³-hybridized carbons (Fsp3) is 0.529. The molecular formula is C17H23N5O. The number of piperazine rings is 1. The van der Waals surface area contributed by atoms with Gasteiger partial charge in [-0.1, -0.05) is 12.1 Å². The van der Waals surface area contributed by atoms with Gasteiger partial charge < -0.3 is 14.8 Å². The number of hydrogen-bond donors (Lipinski definition) is 1. The van der Waals surface area contributed by atoms with Gasteiger partial charge in [-0.05, 0) is 38.6 Å². The standard InChI is InChI=1S/C17H23N5O/c1-20-8-4-7-15(20)16(23)21-9-11-22(12-10-21)17-18-13-5-2-3-6-14(13)19-17/h2-3,5-6,15H,4,7-12H2,1H3,(H,18,19). The lowest BCUT2D eigenvalue weighted by Gasteiger charge is -2.36. The Balaban J connectivity index is 1.41. The average Bonchev–Trinajstić information content (AvgIpc) is 3.20. The Hall–Kier alpha value is -2.08. The van der Waals surface area contributed by atoms with Crippen LogP contribution in [0.1, 0.15) is 12.8 Å². The molecule has 0 radical (unpaired) electrons. The molecule has 2 aromatic rings. The molecule has 4 rings (SSSR count). The third kappa shape index (κ3) is 2.67. The molecule has 2 aliphatic heterocycles. The van der Waals surface area contributed by atoms with E-state index in [2.05, 4.69) is 26.8 Å². The van der Waals surface area contributed by atoms with Crippen LogP contribution in [0.5, 0.6) is 0 Å². The van der Waals surface area contributed by atoms with Crippen LogP contribution in [0.4, 0.5) is 5.95 Å². The third-order valence-electron chi connectivity index (χ3n) is 5.07. The Kier molecular flexibility index (Phi) is 3.69. The average molecular weight is 313 g/mol. The first-order chi connectivity index (χ1) is 11.2. The molecule has 2 aliphatic rings. The van der Waals surface area contributed by atoms with Crippen molar-refractivity contribution >= 4 is 22.9 Å². The van der Waals surface area contributed by atoms with Gasteiger partial charge in [0.25, 0.3) is 0 Å². The van der Waals surface area contributed by atoms with E-state index in [1.807, 2.05) is 29.2 Å². The van der Waals surface area contributed by atoms with Crippen LogP contribution >= 0.6 is 0 Å². The van der Waals surface area contributed by atoms with Gasteiger partial charge in [-0.15, -0.1) is 0 Å². The van der Waals surface area contributed by atoms with E-state index in [-0.39, 0.29) is 6.04 Å². The number of likely N-dealkylation sites (N-methyl/N-ethyl adjacent to an activating group) is 1. The van der Waals surface area contributed by atoms with Crippen molar-refractivity contribution < 1.29 is 4.79 Å². The summed E-state index contributed by atoms with van der Waals surface area (Å²) in [5.74, 6) is 1.21. The summed E-state index contributed by atoms with van der Waals surface area (Å²) in [6.45, 7) is 4.26. The molecule has 0 bridgehead atoms. The smallest absolute Gasteiger partial charge is 0.240 e. The summed E-state index contributed by atoms with van der Waals surface area (Å²) >= 11 is 0. The van der Waals surface area contributed by atoms with Gasteiger partial charge in [-0.3, -0.25) is 9.69 Å². The number of hydrogen-bond acceptors (Lipinski definition) is 4. The number of nitrogens with zero attached hydrogens (tertiary/aromatic N) is 4. The number of carbonyl (C=O) groups excluding carboxylic acids is 1. The quantitative estimate of drug-likeness (QED) is 0.908. The van der Waals surface area contributed by atoms with E-state index in [9.17, 15) is 4.79 Å². The summed E-state index contributed by atoms with van der Waals surface area (Å²) in [6, 6.07) is 8.17. The van der Waals surface area contributed by atoms with Crippen molar-refractivity contribution in [3.05, 3.63) is 24.3 Å². The number of rotatable bonds is 2. The summed E-state index contributed by atoms with van der Waals surface area (Å²) in [7, 11) is 2.06. The first-order valence-electron chi connectivity index (χ1n) is 8.41. The maximum atomic E-state index is 12.6. The zero-order valence-corrected chi connectivity index (χ0v) is 13.5. The monoisotopic (exact) mass is 313 g/mol. The largest absolute Gasteiger partial charge is 0.339 e. The number of likely N-dealkylation sites (tertiary alicyclic amines) is 1. The van der Waals surface area contributed by atoms with E-state index in [0.29, 0.717) is 5.91 Å². The summed E-state index contributed by atoms with van der Waals surface area (Å²) < 4.78 is 0. The number of H-pyrrole nitrogens is 1. The molecule has 1 amide bonds. The molecule has 1 unspecified atom stereocenters. The minimum atomic E-state index is 0.0905. The van der Waals surface area contributed by atoms with Crippen molar-refractivity contribution in [3.63, 3.8) is 0 Å². The minimum absolute atomic E-state index is 0.0905. The van der Waals surface area contributed by atoms with Crippen LogP contribution in [-0.4, -0.2) is 71.5 Å². The van der Waals surface area contributed by atoms with Crippen molar-refractivity contribution in [1.82, 2.24) is 19.8 Å². The lowest BCUT2D eigenvalue weighted by Crippen LogP contribution is -2.53. The second kappa shape index (κ2) is 5.85. The maximum Gasteiger partial charge on any atom is 0.240 e. The zero-order chi connectivity index (χ0) is 15.8. The Labute approximate surface area is 136 Å². The van der Waals surface area contributed by atoms with Crippen molar-refractivity contribution in [1.29, 1.82) is 0 Å². The molecule has 0 aliphatic carbocycles. The Bertz CT molecular complexity index is 671. The summed E-state index contributed by atoms with van der Waals surface area (Å²) in [5, 5.41) is 0. The van der Waals surface area contributed by atoms with E-state index in [0.717, 1.165) is 62.5 Å². The molecule has 6 nitrogen and oxygen atoms in total. The molecular weight excluding hydrogens is 290 g/mol. The molecule has 1 N–H and O–H groups in total. The molecule has 122 valence electrons. The van der Waals surface area contributed by atoms with Crippen LogP contribution in [0, 0.1) is 0 Å². The number of nitrogens with one attached hydrogen (secondary N) is 1. The van der Waals surface area contributed by atoms with Crippen molar-refractivity contribution in [2.75, 3.05) is 44.7 Å². The molecule has 6 heteroatoms. The predicted octanol–water partition coefficient (Wildman–Crippen LogP) is 1.31. The van der Waals surface area contributed by atoms with E-state index in [4.69, 9.17) is 0 Å². The summed E-state index contributed by atoms with van der Waals surface area (Å²) in [6.07, 6.45) is 2.13. The molecule has 23 heavy (non-hydrogen) atoms. The van der Waals surface area contributed by atoms with E-state index < -0.39 is 0 Å². The van der Waals surface area contributed by atoms with Crippen molar-refractivity contribution in [2.45, 2.75) is 18.9 Å². The number of amides is 1. The van der Waals surface area contributed by atoms with Gasteiger partial charge in [-0.25, -0.2) is 4.98 Å². The topological polar surface area (TPSA) is 55.5 Å². The molecule has 1 aromatic heterocycles. The van der Waals surface area contributed by atoms with Gasteiger partial charge >= 0.3 is 0 Å². The number of benzene rings is 1. The van der Waals surface area contributed by atoms with Crippen LogP contribution in [0.25, 0.3) is 11.0 Å². The van der Waals surface area contributed by atoms with Crippen LogP contribution in [0.3, 0.4) is 0 Å².